The van der Waals surface area contributed by atoms with Crippen molar-refractivity contribution in [1.29, 1.82) is 0 Å². The molecule has 0 aliphatic carbocycles. The third-order valence-corrected chi connectivity index (χ3v) is 3.72. The van der Waals surface area contributed by atoms with Gasteiger partial charge in [0, 0.05) is 17.8 Å². The number of piperidine rings is 1. The van der Waals surface area contributed by atoms with E-state index in [-0.39, 0.29) is 0 Å². The smallest absolute Gasteiger partial charge is 0.337 e. The molecule has 1 heterocycles. The topological polar surface area (TPSA) is 66.6 Å². The first-order valence-corrected chi connectivity index (χ1v) is 6.42. The van der Waals surface area contributed by atoms with Crippen molar-refractivity contribution in [2.45, 2.75) is 45.2 Å². The second-order valence-electron chi connectivity index (χ2n) is 5.12. The van der Waals surface area contributed by atoms with E-state index in [1.807, 2.05) is 0 Å². The van der Waals surface area contributed by atoms with Crippen LogP contribution in [0.1, 0.15) is 43.5 Å². The molecule has 1 aromatic rings. The Morgan fingerprint density at radius 3 is 2.50 bits per heavy atom. The van der Waals surface area contributed by atoms with Crippen LogP contribution in [-0.4, -0.2) is 23.2 Å². The Kier molecular flexibility index (Phi) is 3.45. The maximum Gasteiger partial charge on any atom is 0.337 e. The molecule has 2 rings (SSSR count). The molecule has 0 amide bonds. The van der Waals surface area contributed by atoms with Gasteiger partial charge in [0.15, 0.2) is 0 Å². The monoisotopic (exact) mass is 248 g/mol. The zero-order valence-electron chi connectivity index (χ0n) is 10.9. The number of nitrogens with two attached hydrogens (primary N) is 1. The quantitative estimate of drug-likeness (QED) is 0.790. The summed E-state index contributed by atoms with van der Waals surface area (Å²) < 4.78 is 0. The highest BCUT2D eigenvalue weighted by Gasteiger charge is 2.28. The molecule has 0 radical (unpaired) electrons. The molecule has 0 spiro atoms. The van der Waals surface area contributed by atoms with E-state index < -0.39 is 5.97 Å². The van der Waals surface area contributed by atoms with Crippen LogP contribution < -0.4 is 10.6 Å². The van der Waals surface area contributed by atoms with Gasteiger partial charge >= 0.3 is 5.97 Å². The van der Waals surface area contributed by atoms with E-state index in [1.165, 1.54) is 6.42 Å². The molecule has 1 aliphatic rings. The number of carboxylic acid groups (broad SMARTS) is 1. The number of anilines is 2. The van der Waals surface area contributed by atoms with Crippen LogP contribution in [0.5, 0.6) is 0 Å². The van der Waals surface area contributed by atoms with Gasteiger partial charge in [-0.15, -0.1) is 0 Å². The van der Waals surface area contributed by atoms with E-state index in [9.17, 15) is 9.90 Å². The molecule has 4 nitrogen and oxygen atoms in total. The minimum atomic E-state index is -0.894. The number of hydrogen-bond donors (Lipinski definition) is 2. The molecule has 2 atom stereocenters. The van der Waals surface area contributed by atoms with Crippen LogP contribution in [-0.2, 0) is 0 Å². The summed E-state index contributed by atoms with van der Waals surface area (Å²) in [6, 6.07) is 5.73. The van der Waals surface area contributed by atoms with Crippen molar-refractivity contribution in [3.63, 3.8) is 0 Å². The molecule has 0 aromatic heterocycles. The summed E-state index contributed by atoms with van der Waals surface area (Å²) >= 11 is 0. The molecular formula is C14H20N2O2. The van der Waals surface area contributed by atoms with E-state index >= 15 is 0 Å². The predicted molar refractivity (Wildman–Crippen MR) is 73.1 cm³/mol. The van der Waals surface area contributed by atoms with Gasteiger partial charge in [0.2, 0.25) is 0 Å². The summed E-state index contributed by atoms with van der Waals surface area (Å²) in [7, 11) is 0. The number of nitrogen functional groups attached to an aromatic ring is 1. The number of carboxylic acids is 1. The molecule has 98 valence electrons. The summed E-state index contributed by atoms with van der Waals surface area (Å²) in [6.07, 6.45) is 3.39. The van der Waals surface area contributed by atoms with Gasteiger partial charge in [0.25, 0.3) is 0 Å². The first-order valence-electron chi connectivity index (χ1n) is 6.42. The normalized spacial score (nSPS) is 24.0. The molecule has 1 saturated heterocycles. The van der Waals surface area contributed by atoms with Crippen LogP contribution >= 0.6 is 0 Å². The zero-order chi connectivity index (χ0) is 13.3. The van der Waals surface area contributed by atoms with Gasteiger partial charge in [-0.25, -0.2) is 4.79 Å². The summed E-state index contributed by atoms with van der Waals surface area (Å²) in [6.45, 7) is 4.29. The van der Waals surface area contributed by atoms with Crippen molar-refractivity contribution in [1.82, 2.24) is 0 Å². The molecule has 18 heavy (non-hydrogen) atoms. The average molecular weight is 248 g/mol. The fourth-order valence-electron chi connectivity index (χ4n) is 2.84. The standard InChI is InChI=1S/C14H20N2O2/c1-9-4-3-5-10(2)16(9)13-8-11(15)6-7-12(13)14(17)18/h6-10H,3-5,15H2,1-2H3,(H,17,18)/t9-,10+. The maximum atomic E-state index is 11.3. The van der Waals surface area contributed by atoms with Crippen molar-refractivity contribution in [2.75, 3.05) is 10.6 Å². The first-order chi connectivity index (χ1) is 8.50. The lowest BCUT2D eigenvalue weighted by molar-refractivity contribution is 0.0697. The fraction of sp³-hybridized carbons (Fsp3) is 0.500. The number of nitrogens with zero attached hydrogens (tertiary/aromatic N) is 1. The molecule has 4 heteroatoms. The molecule has 1 fully saturated rings. The third-order valence-electron chi connectivity index (χ3n) is 3.72. The number of rotatable bonds is 2. The van der Waals surface area contributed by atoms with Gasteiger partial charge in [-0.05, 0) is 51.3 Å². The van der Waals surface area contributed by atoms with Crippen LogP contribution in [0.15, 0.2) is 18.2 Å². The van der Waals surface area contributed by atoms with Crippen molar-refractivity contribution in [3.05, 3.63) is 23.8 Å². The molecule has 0 bridgehead atoms. The molecular weight excluding hydrogens is 228 g/mol. The van der Waals surface area contributed by atoms with Gasteiger partial charge in [0.05, 0.1) is 11.3 Å². The molecule has 0 unspecified atom stereocenters. The summed E-state index contributed by atoms with van der Waals surface area (Å²) in [5.41, 5.74) is 7.51. The van der Waals surface area contributed by atoms with Crippen LogP contribution in [0.3, 0.4) is 0 Å². The van der Waals surface area contributed by atoms with E-state index in [2.05, 4.69) is 18.7 Å². The van der Waals surface area contributed by atoms with Gasteiger partial charge in [-0.2, -0.15) is 0 Å². The van der Waals surface area contributed by atoms with Gasteiger partial charge < -0.3 is 15.7 Å². The van der Waals surface area contributed by atoms with Crippen LogP contribution in [0.25, 0.3) is 0 Å². The Hall–Kier alpha value is -1.71. The van der Waals surface area contributed by atoms with Gasteiger partial charge in [0.1, 0.15) is 0 Å². The number of benzene rings is 1. The largest absolute Gasteiger partial charge is 0.478 e. The Morgan fingerprint density at radius 2 is 1.94 bits per heavy atom. The molecule has 0 saturated carbocycles. The second-order valence-corrected chi connectivity index (χ2v) is 5.12. The highest BCUT2D eigenvalue weighted by Crippen LogP contribution is 2.32. The Balaban J connectivity index is 2.47. The predicted octanol–water partition coefficient (Wildman–Crippen LogP) is 2.73. The minimum absolute atomic E-state index is 0.338. The number of hydrogen-bond acceptors (Lipinski definition) is 3. The lowest BCUT2D eigenvalue weighted by Gasteiger charge is -2.41. The number of carbonyl (C=O) groups is 1. The van der Waals surface area contributed by atoms with Crippen molar-refractivity contribution in [3.8, 4) is 0 Å². The van der Waals surface area contributed by atoms with Crippen molar-refractivity contribution in [2.24, 2.45) is 0 Å². The molecule has 1 aromatic carbocycles. The van der Waals surface area contributed by atoms with Crippen molar-refractivity contribution >= 4 is 17.3 Å². The van der Waals surface area contributed by atoms with Gasteiger partial charge in [-0.3, -0.25) is 0 Å². The molecule has 3 N–H and O–H groups in total. The van der Waals surface area contributed by atoms with Crippen molar-refractivity contribution < 1.29 is 9.90 Å². The maximum absolute atomic E-state index is 11.3. The highest BCUT2D eigenvalue weighted by molar-refractivity contribution is 5.95. The summed E-state index contributed by atoms with van der Waals surface area (Å²) in [4.78, 5) is 13.5. The lowest BCUT2D eigenvalue weighted by Crippen LogP contribution is -2.44. The fourth-order valence-corrected chi connectivity index (χ4v) is 2.84. The zero-order valence-corrected chi connectivity index (χ0v) is 10.9. The Labute approximate surface area is 107 Å². The van der Waals surface area contributed by atoms with Crippen LogP contribution in [0, 0.1) is 0 Å². The minimum Gasteiger partial charge on any atom is -0.478 e. The van der Waals surface area contributed by atoms with Crippen LogP contribution in [0.2, 0.25) is 0 Å². The summed E-state index contributed by atoms with van der Waals surface area (Å²) in [5, 5.41) is 9.29. The first kappa shape index (κ1) is 12.7. The Bertz CT molecular complexity index is 449. The van der Waals surface area contributed by atoms with E-state index in [0.717, 1.165) is 18.5 Å². The summed E-state index contributed by atoms with van der Waals surface area (Å²) in [5.74, 6) is -0.894. The second kappa shape index (κ2) is 4.88. The average Bonchev–Trinajstić information content (AvgIpc) is 2.28. The van der Waals surface area contributed by atoms with E-state index in [0.29, 0.717) is 23.3 Å². The number of aromatic carboxylic acids is 1. The Morgan fingerprint density at radius 1 is 1.33 bits per heavy atom. The van der Waals surface area contributed by atoms with E-state index in [4.69, 9.17) is 5.73 Å². The SMILES string of the molecule is C[C@@H]1CCC[C@H](C)N1c1cc(N)ccc1C(=O)O. The van der Waals surface area contributed by atoms with Crippen LogP contribution in [0.4, 0.5) is 11.4 Å². The highest BCUT2D eigenvalue weighted by atomic mass is 16.4. The lowest BCUT2D eigenvalue weighted by atomic mass is 9.95. The molecule has 1 aliphatic heterocycles. The van der Waals surface area contributed by atoms with Gasteiger partial charge in [-0.1, -0.05) is 0 Å². The third kappa shape index (κ3) is 2.28. The van der Waals surface area contributed by atoms with E-state index in [1.54, 1.807) is 18.2 Å².